The Kier molecular flexibility index (Phi) is 6.30. The maximum atomic E-state index is 13.9. The molecule has 33 heavy (non-hydrogen) atoms. The molecule has 1 saturated heterocycles. The van der Waals surface area contributed by atoms with Crippen LogP contribution >= 0.6 is 0 Å². The van der Waals surface area contributed by atoms with E-state index in [0.717, 1.165) is 23.0 Å². The second-order valence-corrected chi connectivity index (χ2v) is 8.42. The molecule has 0 spiro atoms. The fraction of sp³-hybridized carbons (Fsp3) is 0.360. The zero-order valence-corrected chi connectivity index (χ0v) is 18.6. The number of benzene rings is 2. The van der Waals surface area contributed by atoms with Gasteiger partial charge in [-0.3, -0.25) is 4.79 Å². The molecule has 0 bridgehead atoms. The third-order valence-electron chi connectivity index (χ3n) is 6.20. The molecule has 1 N–H and O–H groups in total. The van der Waals surface area contributed by atoms with Crippen LogP contribution in [-0.2, 0) is 27.7 Å². The van der Waals surface area contributed by atoms with Crippen molar-refractivity contribution in [2.45, 2.75) is 44.8 Å². The highest BCUT2D eigenvalue weighted by Crippen LogP contribution is 2.36. The van der Waals surface area contributed by atoms with E-state index in [1.54, 1.807) is 26.0 Å². The summed E-state index contributed by atoms with van der Waals surface area (Å²) < 4.78 is 48.7. The van der Waals surface area contributed by atoms with Crippen molar-refractivity contribution < 1.29 is 22.7 Å². The summed E-state index contributed by atoms with van der Waals surface area (Å²) in [5.74, 6) is -0.284. The number of amides is 1. The number of nitrogens with one attached hydrogen (secondary N) is 1. The van der Waals surface area contributed by atoms with Crippen LogP contribution in [0, 0.1) is 13.8 Å². The molecule has 4 rings (SSSR count). The Bertz CT molecular complexity index is 1130. The molecule has 5 nitrogen and oxygen atoms in total. The van der Waals surface area contributed by atoms with Gasteiger partial charge in [-0.15, -0.1) is 0 Å². The van der Waals surface area contributed by atoms with Crippen molar-refractivity contribution in [3.63, 3.8) is 0 Å². The number of ether oxygens (including phenoxy) is 1. The number of alkyl halides is 3. The Balaban J connectivity index is 1.62. The van der Waals surface area contributed by atoms with Crippen molar-refractivity contribution in [3.05, 3.63) is 82.7 Å². The van der Waals surface area contributed by atoms with E-state index >= 15 is 0 Å². The van der Waals surface area contributed by atoms with Gasteiger partial charge in [-0.25, -0.2) is 4.68 Å². The predicted octanol–water partition coefficient (Wildman–Crippen LogP) is 4.87. The van der Waals surface area contributed by atoms with Crippen LogP contribution in [0.2, 0.25) is 0 Å². The molecule has 1 aromatic heterocycles. The van der Waals surface area contributed by atoms with Crippen molar-refractivity contribution in [1.82, 2.24) is 15.1 Å². The molecule has 1 amide bonds. The van der Waals surface area contributed by atoms with E-state index in [1.165, 1.54) is 10.7 Å². The molecule has 1 aliphatic heterocycles. The van der Waals surface area contributed by atoms with Crippen LogP contribution in [0.5, 0.6) is 0 Å². The third-order valence-corrected chi connectivity index (χ3v) is 6.20. The minimum Gasteiger partial charge on any atom is -0.381 e. The molecule has 0 aliphatic carbocycles. The Morgan fingerprint density at radius 2 is 1.79 bits per heavy atom. The summed E-state index contributed by atoms with van der Waals surface area (Å²) in [6.45, 7) is 4.21. The molecule has 1 aliphatic rings. The average Bonchev–Trinajstić information content (AvgIpc) is 3.15. The van der Waals surface area contributed by atoms with E-state index in [0.29, 0.717) is 31.7 Å². The summed E-state index contributed by atoms with van der Waals surface area (Å²) in [4.78, 5) is 13.3. The van der Waals surface area contributed by atoms with Gasteiger partial charge >= 0.3 is 6.18 Å². The van der Waals surface area contributed by atoms with Crippen molar-refractivity contribution in [1.29, 1.82) is 0 Å². The minimum absolute atomic E-state index is 0.0106. The zero-order valence-electron chi connectivity index (χ0n) is 18.6. The van der Waals surface area contributed by atoms with Gasteiger partial charge in [0.1, 0.15) is 0 Å². The first-order valence-electron chi connectivity index (χ1n) is 10.9. The van der Waals surface area contributed by atoms with Crippen LogP contribution in [0.4, 0.5) is 13.2 Å². The van der Waals surface area contributed by atoms with Gasteiger partial charge in [-0.1, -0.05) is 36.4 Å². The van der Waals surface area contributed by atoms with Crippen LogP contribution in [0.15, 0.2) is 54.6 Å². The maximum absolute atomic E-state index is 13.9. The van der Waals surface area contributed by atoms with E-state index in [9.17, 15) is 18.0 Å². The SMILES string of the molecule is Cc1cc(C)n(-c2ccc(CNC(=O)C3(c4ccccc4)CCOCC3)c(C(F)(F)F)c2)n1. The molecule has 2 heterocycles. The Morgan fingerprint density at radius 3 is 2.39 bits per heavy atom. The van der Waals surface area contributed by atoms with E-state index in [2.05, 4.69) is 10.4 Å². The highest BCUT2D eigenvalue weighted by atomic mass is 19.4. The normalized spacial score (nSPS) is 15.9. The smallest absolute Gasteiger partial charge is 0.381 e. The molecule has 2 aromatic carbocycles. The molecule has 3 aromatic rings. The molecule has 1 fully saturated rings. The number of hydrogen-bond acceptors (Lipinski definition) is 3. The fourth-order valence-corrected chi connectivity index (χ4v) is 4.47. The highest BCUT2D eigenvalue weighted by Gasteiger charge is 2.42. The number of rotatable bonds is 5. The number of aryl methyl sites for hydroxylation is 2. The molecule has 0 radical (unpaired) electrons. The molecular formula is C25H26F3N3O2. The van der Waals surface area contributed by atoms with Gasteiger partial charge in [0.25, 0.3) is 0 Å². The van der Waals surface area contributed by atoms with Gasteiger partial charge in [0.05, 0.1) is 22.4 Å². The van der Waals surface area contributed by atoms with Crippen molar-refractivity contribution in [2.24, 2.45) is 0 Å². The first-order chi connectivity index (χ1) is 15.7. The standard InChI is InChI=1S/C25H26F3N3O2/c1-17-14-18(2)31(30-17)21-9-8-19(22(15-21)25(26,27)28)16-29-23(32)24(10-12-33-13-11-24)20-6-4-3-5-7-20/h3-9,14-15H,10-13,16H2,1-2H3,(H,29,32). The Labute approximate surface area is 190 Å². The number of nitrogens with zero attached hydrogens (tertiary/aromatic N) is 2. The second kappa shape index (κ2) is 9.02. The molecular weight excluding hydrogens is 431 g/mol. The summed E-state index contributed by atoms with van der Waals surface area (Å²) in [6, 6.07) is 15.3. The van der Waals surface area contributed by atoms with Gasteiger partial charge in [0.15, 0.2) is 0 Å². The van der Waals surface area contributed by atoms with E-state index < -0.39 is 17.2 Å². The van der Waals surface area contributed by atoms with Crippen molar-refractivity contribution in [3.8, 4) is 5.69 Å². The lowest BCUT2D eigenvalue weighted by Gasteiger charge is -2.36. The van der Waals surface area contributed by atoms with Crippen molar-refractivity contribution in [2.75, 3.05) is 13.2 Å². The van der Waals surface area contributed by atoms with Crippen LogP contribution in [-0.4, -0.2) is 28.9 Å². The lowest BCUT2D eigenvalue weighted by Crippen LogP contribution is -2.47. The van der Waals surface area contributed by atoms with Crippen LogP contribution < -0.4 is 5.32 Å². The maximum Gasteiger partial charge on any atom is 0.416 e. The summed E-state index contributed by atoms with van der Waals surface area (Å²) >= 11 is 0. The highest BCUT2D eigenvalue weighted by molar-refractivity contribution is 5.88. The summed E-state index contributed by atoms with van der Waals surface area (Å²) in [5, 5.41) is 7.06. The number of carbonyl (C=O) groups excluding carboxylic acids is 1. The van der Waals surface area contributed by atoms with E-state index in [4.69, 9.17) is 4.74 Å². The quantitative estimate of drug-likeness (QED) is 0.595. The lowest BCUT2D eigenvalue weighted by atomic mass is 9.73. The largest absolute Gasteiger partial charge is 0.416 e. The third kappa shape index (κ3) is 4.66. The van der Waals surface area contributed by atoms with Gasteiger partial charge in [-0.2, -0.15) is 18.3 Å². The number of hydrogen-bond donors (Lipinski definition) is 1. The predicted molar refractivity (Wildman–Crippen MR) is 118 cm³/mol. The summed E-state index contributed by atoms with van der Waals surface area (Å²) in [7, 11) is 0. The zero-order chi connectivity index (χ0) is 23.6. The molecule has 8 heteroatoms. The van der Waals surface area contributed by atoms with E-state index in [1.807, 2.05) is 30.3 Å². The van der Waals surface area contributed by atoms with Crippen LogP contribution in [0.25, 0.3) is 5.69 Å². The van der Waals surface area contributed by atoms with Gasteiger partial charge in [-0.05, 0) is 56.0 Å². The topological polar surface area (TPSA) is 56.2 Å². The monoisotopic (exact) mass is 457 g/mol. The number of halogens is 3. The molecule has 0 saturated carbocycles. The average molecular weight is 457 g/mol. The molecule has 174 valence electrons. The fourth-order valence-electron chi connectivity index (χ4n) is 4.47. The molecule has 0 unspecified atom stereocenters. The van der Waals surface area contributed by atoms with Gasteiger partial charge in [0, 0.05) is 25.5 Å². The first kappa shape index (κ1) is 23.0. The summed E-state index contributed by atoms with van der Waals surface area (Å²) in [6.07, 6.45) is -3.61. The summed E-state index contributed by atoms with van der Waals surface area (Å²) in [5.41, 5.74) is 1.05. The van der Waals surface area contributed by atoms with E-state index in [-0.39, 0.29) is 18.0 Å². The van der Waals surface area contributed by atoms with Crippen LogP contribution in [0.3, 0.4) is 0 Å². The van der Waals surface area contributed by atoms with Crippen molar-refractivity contribution >= 4 is 5.91 Å². The van der Waals surface area contributed by atoms with Gasteiger partial charge in [0.2, 0.25) is 5.91 Å². The second-order valence-electron chi connectivity index (χ2n) is 8.42. The minimum atomic E-state index is -4.57. The number of carbonyl (C=O) groups is 1. The lowest BCUT2D eigenvalue weighted by molar-refractivity contribution is -0.138. The molecule has 0 atom stereocenters. The Morgan fingerprint density at radius 1 is 1.09 bits per heavy atom. The van der Waals surface area contributed by atoms with Gasteiger partial charge < -0.3 is 10.1 Å². The van der Waals surface area contributed by atoms with Crippen LogP contribution in [0.1, 0.15) is 40.9 Å². The first-order valence-corrected chi connectivity index (χ1v) is 10.9. The Hall–Kier alpha value is -3.13. The number of aromatic nitrogens is 2.